The summed E-state index contributed by atoms with van der Waals surface area (Å²) < 4.78 is 2.11. The maximum Gasteiger partial charge on any atom is 0.321 e. The summed E-state index contributed by atoms with van der Waals surface area (Å²) in [6, 6.07) is 9.97. The number of carbonyl (C=O) groups is 2. The number of thioether (sulfide) groups is 1. The van der Waals surface area contributed by atoms with Gasteiger partial charge in [0, 0.05) is 12.0 Å². The molecule has 2 aromatic rings. The van der Waals surface area contributed by atoms with Crippen molar-refractivity contribution in [2.75, 3.05) is 0 Å². The Kier molecular flexibility index (Phi) is 6.72. The lowest BCUT2D eigenvalue weighted by atomic mass is 9.96. The molecule has 3 amide bonds. The SMILES string of the molecule is CC(Sc1nnc(C2CC2)n1Cc1ccccc1)C(=O)NC(=O)NC1CCCCC1. The quantitative estimate of drug-likeness (QED) is 0.656. The van der Waals surface area contributed by atoms with E-state index in [1.807, 2.05) is 18.2 Å². The van der Waals surface area contributed by atoms with Crippen LogP contribution in [0.15, 0.2) is 35.5 Å². The van der Waals surface area contributed by atoms with E-state index in [-0.39, 0.29) is 11.9 Å². The minimum absolute atomic E-state index is 0.171. The van der Waals surface area contributed by atoms with Crippen molar-refractivity contribution in [3.05, 3.63) is 41.7 Å². The highest BCUT2D eigenvalue weighted by Gasteiger charge is 2.31. The van der Waals surface area contributed by atoms with E-state index in [4.69, 9.17) is 0 Å². The summed E-state index contributed by atoms with van der Waals surface area (Å²) in [6.07, 6.45) is 7.72. The van der Waals surface area contributed by atoms with Crippen LogP contribution in [-0.2, 0) is 11.3 Å². The van der Waals surface area contributed by atoms with Crippen LogP contribution in [0.2, 0.25) is 0 Å². The van der Waals surface area contributed by atoms with Crippen molar-refractivity contribution in [2.24, 2.45) is 0 Å². The first-order valence-corrected chi connectivity index (χ1v) is 11.7. The van der Waals surface area contributed by atoms with Gasteiger partial charge in [0.15, 0.2) is 5.16 Å². The van der Waals surface area contributed by atoms with Gasteiger partial charge >= 0.3 is 6.03 Å². The van der Waals surface area contributed by atoms with Crippen LogP contribution < -0.4 is 10.6 Å². The number of rotatable bonds is 7. The second kappa shape index (κ2) is 9.64. The molecule has 2 aliphatic carbocycles. The van der Waals surface area contributed by atoms with Gasteiger partial charge in [-0.3, -0.25) is 10.1 Å². The molecule has 1 aromatic heterocycles. The lowest BCUT2D eigenvalue weighted by Gasteiger charge is -2.23. The van der Waals surface area contributed by atoms with E-state index in [1.54, 1.807) is 6.92 Å². The van der Waals surface area contributed by atoms with Crippen molar-refractivity contribution in [2.45, 2.75) is 80.8 Å². The number of hydrogen-bond acceptors (Lipinski definition) is 5. The van der Waals surface area contributed by atoms with Crippen molar-refractivity contribution in [1.29, 1.82) is 0 Å². The molecule has 2 fully saturated rings. The molecule has 160 valence electrons. The third-order valence-electron chi connectivity index (χ3n) is 5.70. The first-order valence-electron chi connectivity index (χ1n) is 10.8. The van der Waals surface area contributed by atoms with Crippen LogP contribution in [0.3, 0.4) is 0 Å². The Morgan fingerprint density at radius 1 is 1.10 bits per heavy atom. The molecule has 2 N–H and O–H groups in total. The van der Waals surface area contributed by atoms with Crippen LogP contribution in [0.25, 0.3) is 0 Å². The maximum absolute atomic E-state index is 12.6. The average molecular weight is 428 g/mol. The summed E-state index contributed by atoms with van der Waals surface area (Å²) in [5, 5.41) is 14.5. The van der Waals surface area contributed by atoms with Gasteiger partial charge in [0.1, 0.15) is 5.82 Å². The van der Waals surface area contributed by atoms with E-state index in [1.165, 1.54) is 23.7 Å². The molecule has 2 aliphatic rings. The van der Waals surface area contributed by atoms with Crippen LogP contribution >= 0.6 is 11.8 Å². The molecule has 7 nitrogen and oxygen atoms in total. The summed E-state index contributed by atoms with van der Waals surface area (Å²) in [5.74, 6) is 1.14. The largest absolute Gasteiger partial charge is 0.335 e. The number of nitrogens with zero attached hydrogens (tertiary/aromatic N) is 3. The predicted octanol–water partition coefficient (Wildman–Crippen LogP) is 3.84. The van der Waals surface area contributed by atoms with Crippen LogP contribution in [0.1, 0.15) is 69.2 Å². The van der Waals surface area contributed by atoms with Crippen LogP contribution in [0, 0.1) is 0 Å². The number of urea groups is 1. The highest BCUT2D eigenvalue weighted by Crippen LogP contribution is 2.40. The molecular weight excluding hydrogens is 398 g/mol. The van der Waals surface area contributed by atoms with Crippen molar-refractivity contribution >= 4 is 23.7 Å². The lowest BCUT2D eigenvalue weighted by molar-refractivity contribution is -0.119. The highest BCUT2D eigenvalue weighted by molar-refractivity contribution is 8.00. The van der Waals surface area contributed by atoms with E-state index >= 15 is 0 Å². The van der Waals surface area contributed by atoms with Gasteiger partial charge in [-0.05, 0) is 38.2 Å². The first-order chi connectivity index (χ1) is 14.6. The standard InChI is InChI=1S/C22H29N5O2S/c1-15(20(28)24-21(29)23-18-10-6-3-7-11-18)30-22-26-25-19(17-12-13-17)27(22)14-16-8-4-2-5-9-16/h2,4-5,8-9,15,17-18H,3,6-7,10-14H2,1H3,(H2,23,24,28,29). The van der Waals surface area contributed by atoms with E-state index < -0.39 is 11.3 Å². The Labute approximate surface area is 181 Å². The Bertz CT molecular complexity index is 875. The number of hydrogen-bond donors (Lipinski definition) is 2. The second-order valence-electron chi connectivity index (χ2n) is 8.24. The molecule has 30 heavy (non-hydrogen) atoms. The number of nitrogens with one attached hydrogen (secondary N) is 2. The monoisotopic (exact) mass is 427 g/mol. The molecule has 1 unspecified atom stereocenters. The first kappa shape index (κ1) is 20.9. The van der Waals surface area contributed by atoms with Gasteiger partial charge in [-0.15, -0.1) is 10.2 Å². The molecule has 2 saturated carbocycles. The smallest absolute Gasteiger partial charge is 0.321 e. The molecule has 0 saturated heterocycles. The summed E-state index contributed by atoms with van der Waals surface area (Å²) in [7, 11) is 0. The van der Waals surface area contributed by atoms with Gasteiger partial charge in [-0.2, -0.15) is 0 Å². The van der Waals surface area contributed by atoms with Crippen molar-refractivity contribution in [1.82, 2.24) is 25.4 Å². The number of aromatic nitrogens is 3. The Morgan fingerprint density at radius 3 is 2.53 bits per heavy atom. The van der Waals surface area contributed by atoms with Crippen LogP contribution in [0.5, 0.6) is 0 Å². The van der Waals surface area contributed by atoms with E-state index in [0.29, 0.717) is 12.5 Å². The zero-order valence-electron chi connectivity index (χ0n) is 17.3. The number of amides is 3. The Hall–Kier alpha value is -2.35. The van der Waals surface area contributed by atoms with Gasteiger partial charge in [0.2, 0.25) is 5.91 Å². The molecule has 4 rings (SSSR count). The van der Waals surface area contributed by atoms with Gasteiger partial charge in [-0.1, -0.05) is 61.4 Å². The topological polar surface area (TPSA) is 88.9 Å². The molecule has 8 heteroatoms. The second-order valence-corrected chi connectivity index (χ2v) is 9.55. The summed E-state index contributed by atoms with van der Waals surface area (Å²) >= 11 is 1.35. The zero-order valence-corrected chi connectivity index (χ0v) is 18.2. The molecule has 1 atom stereocenters. The molecular formula is C22H29N5O2S. The average Bonchev–Trinajstić information content (AvgIpc) is 3.52. The summed E-state index contributed by atoms with van der Waals surface area (Å²) in [4.78, 5) is 24.8. The van der Waals surface area contributed by atoms with Gasteiger partial charge in [-0.25, -0.2) is 4.79 Å². The number of carbonyl (C=O) groups excluding carboxylic acids is 2. The third kappa shape index (κ3) is 5.41. The van der Waals surface area contributed by atoms with Crippen molar-refractivity contribution < 1.29 is 9.59 Å². The molecule has 0 spiro atoms. The van der Waals surface area contributed by atoms with E-state index in [2.05, 4.69) is 37.5 Å². The Morgan fingerprint density at radius 2 is 1.83 bits per heavy atom. The molecule has 0 aliphatic heterocycles. The third-order valence-corrected chi connectivity index (χ3v) is 6.78. The lowest BCUT2D eigenvalue weighted by Crippen LogP contribution is -2.47. The molecule has 0 bridgehead atoms. The zero-order chi connectivity index (χ0) is 20.9. The van der Waals surface area contributed by atoms with Gasteiger partial charge in [0.25, 0.3) is 0 Å². The van der Waals surface area contributed by atoms with Gasteiger partial charge in [0.05, 0.1) is 11.8 Å². The maximum atomic E-state index is 12.6. The minimum atomic E-state index is -0.451. The fourth-order valence-electron chi connectivity index (χ4n) is 3.84. The van der Waals surface area contributed by atoms with Gasteiger partial charge < -0.3 is 9.88 Å². The van der Waals surface area contributed by atoms with E-state index in [0.717, 1.165) is 49.5 Å². The predicted molar refractivity (Wildman–Crippen MR) is 116 cm³/mol. The summed E-state index contributed by atoms with van der Waals surface area (Å²) in [6.45, 7) is 2.48. The van der Waals surface area contributed by atoms with Crippen molar-refractivity contribution in [3.8, 4) is 0 Å². The fraction of sp³-hybridized carbons (Fsp3) is 0.545. The molecule has 1 aromatic carbocycles. The Balaban J connectivity index is 1.38. The molecule has 1 heterocycles. The molecule has 0 radical (unpaired) electrons. The van der Waals surface area contributed by atoms with E-state index in [9.17, 15) is 9.59 Å². The summed E-state index contributed by atoms with van der Waals surface area (Å²) in [5.41, 5.74) is 1.17. The number of imide groups is 1. The van der Waals surface area contributed by atoms with Crippen molar-refractivity contribution in [3.63, 3.8) is 0 Å². The van der Waals surface area contributed by atoms with Crippen LogP contribution in [-0.4, -0.2) is 38.0 Å². The fourth-order valence-corrected chi connectivity index (χ4v) is 4.69. The normalized spacial score (nSPS) is 18.0. The highest BCUT2D eigenvalue weighted by atomic mass is 32.2. The minimum Gasteiger partial charge on any atom is -0.335 e. The number of benzene rings is 1. The van der Waals surface area contributed by atoms with Crippen LogP contribution in [0.4, 0.5) is 4.79 Å².